The number of hydrogen-bond acceptors (Lipinski definition) is 3. The average molecular weight is 259 g/mol. The van der Waals surface area contributed by atoms with Gasteiger partial charge >= 0.3 is 0 Å². The third-order valence-electron chi connectivity index (χ3n) is 4.49. The van der Waals surface area contributed by atoms with Crippen molar-refractivity contribution in [3.8, 4) is 0 Å². The normalized spacial score (nSPS) is 26.3. The van der Waals surface area contributed by atoms with E-state index in [9.17, 15) is 4.79 Å². The Morgan fingerprint density at radius 2 is 2.26 bits per heavy atom. The predicted molar refractivity (Wildman–Crippen MR) is 74.8 cm³/mol. The van der Waals surface area contributed by atoms with Crippen LogP contribution in [0.25, 0.3) is 0 Å². The minimum absolute atomic E-state index is 0.202. The minimum atomic E-state index is 0.202. The van der Waals surface area contributed by atoms with Gasteiger partial charge < -0.3 is 10.6 Å². The topological polar surface area (TPSA) is 59.2 Å². The van der Waals surface area contributed by atoms with E-state index in [2.05, 4.69) is 4.98 Å². The molecule has 19 heavy (non-hydrogen) atoms. The number of rotatable bonds is 2. The van der Waals surface area contributed by atoms with Gasteiger partial charge in [0.2, 0.25) is 5.91 Å². The van der Waals surface area contributed by atoms with Crippen molar-refractivity contribution in [1.29, 1.82) is 0 Å². The fourth-order valence-corrected chi connectivity index (χ4v) is 3.31. The highest BCUT2D eigenvalue weighted by atomic mass is 16.2. The highest BCUT2D eigenvalue weighted by Gasteiger charge is 2.29. The monoisotopic (exact) mass is 259 g/mol. The zero-order chi connectivity index (χ0) is 13.2. The van der Waals surface area contributed by atoms with Crippen LogP contribution in [0, 0.1) is 5.92 Å². The van der Waals surface area contributed by atoms with E-state index in [1.165, 1.54) is 18.4 Å². The SMILES string of the molecule is N[C@@H]1CCCC[C@@H]1CC(=O)N1CCc2ccncc21. The molecule has 0 unspecified atom stereocenters. The van der Waals surface area contributed by atoms with Crippen LogP contribution >= 0.6 is 0 Å². The van der Waals surface area contributed by atoms with Crippen LogP contribution in [0.15, 0.2) is 18.5 Å². The Balaban J connectivity index is 1.68. The van der Waals surface area contributed by atoms with Gasteiger partial charge in [-0.1, -0.05) is 12.8 Å². The van der Waals surface area contributed by atoms with E-state index < -0.39 is 0 Å². The molecule has 3 rings (SSSR count). The summed E-state index contributed by atoms with van der Waals surface area (Å²) in [5, 5.41) is 0. The van der Waals surface area contributed by atoms with Crippen molar-refractivity contribution < 1.29 is 4.79 Å². The van der Waals surface area contributed by atoms with Gasteiger partial charge in [-0.3, -0.25) is 9.78 Å². The van der Waals surface area contributed by atoms with Gasteiger partial charge in [0.15, 0.2) is 0 Å². The third kappa shape index (κ3) is 2.50. The lowest BCUT2D eigenvalue weighted by Gasteiger charge is -2.29. The maximum atomic E-state index is 12.5. The molecule has 0 spiro atoms. The molecule has 4 heteroatoms. The standard InChI is InChI=1S/C15H21N3O/c16-13-4-2-1-3-12(13)9-15(19)18-8-6-11-5-7-17-10-14(11)18/h5,7,10,12-13H,1-4,6,8-9,16H2/t12-,13-/m1/s1. The van der Waals surface area contributed by atoms with Gasteiger partial charge in [0.1, 0.15) is 0 Å². The van der Waals surface area contributed by atoms with Gasteiger partial charge in [-0.25, -0.2) is 0 Å². The molecule has 1 amide bonds. The third-order valence-corrected chi connectivity index (χ3v) is 4.49. The highest BCUT2D eigenvalue weighted by Crippen LogP contribution is 2.30. The van der Waals surface area contributed by atoms with E-state index in [1.807, 2.05) is 11.0 Å². The van der Waals surface area contributed by atoms with Gasteiger partial charge in [-0.05, 0) is 36.8 Å². The summed E-state index contributed by atoms with van der Waals surface area (Å²) in [5.41, 5.74) is 8.37. The first-order chi connectivity index (χ1) is 9.25. The van der Waals surface area contributed by atoms with Crippen LogP contribution in [0.2, 0.25) is 0 Å². The van der Waals surface area contributed by atoms with Gasteiger partial charge in [0.05, 0.1) is 11.9 Å². The molecule has 1 aliphatic heterocycles. The quantitative estimate of drug-likeness (QED) is 0.882. The number of anilines is 1. The maximum Gasteiger partial charge on any atom is 0.227 e. The average Bonchev–Trinajstić information content (AvgIpc) is 2.85. The van der Waals surface area contributed by atoms with E-state index in [-0.39, 0.29) is 11.9 Å². The summed E-state index contributed by atoms with van der Waals surface area (Å²) in [7, 11) is 0. The van der Waals surface area contributed by atoms with Gasteiger partial charge in [0, 0.05) is 25.2 Å². The van der Waals surface area contributed by atoms with Crippen LogP contribution in [0.3, 0.4) is 0 Å². The molecule has 1 fully saturated rings. The molecule has 102 valence electrons. The van der Waals surface area contributed by atoms with Crippen LogP contribution in [-0.4, -0.2) is 23.5 Å². The lowest BCUT2D eigenvalue weighted by Crippen LogP contribution is -2.38. The Hall–Kier alpha value is -1.42. The number of nitrogens with zero attached hydrogens (tertiary/aromatic N) is 2. The summed E-state index contributed by atoms with van der Waals surface area (Å²) >= 11 is 0. The Morgan fingerprint density at radius 3 is 3.11 bits per heavy atom. The number of aromatic nitrogens is 1. The summed E-state index contributed by atoms with van der Waals surface area (Å²) in [6.45, 7) is 0.793. The number of fused-ring (bicyclic) bond motifs is 1. The predicted octanol–water partition coefficient (Wildman–Crippen LogP) is 1.88. The molecule has 1 aromatic heterocycles. The van der Waals surface area contributed by atoms with Crippen molar-refractivity contribution in [2.24, 2.45) is 11.7 Å². The van der Waals surface area contributed by atoms with Gasteiger partial charge in [0.25, 0.3) is 0 Å². The highest BCUT2D eigenvalue weighted by molar-refractivity contribution is 5.95. The Kier molecular flexibility index (Phi) is 3.51. The van der Waals surface area contributed by atoms with E-state index >= 15 is 0 Å². The zero-order valence-corrected chi connectivity index (χ0v) is 11.2. The van der Waals surface area contributed by atoms with Crippen molar-refractivity contribution >= 4 is 11.6 Å². The van der Waals surface area contributed by atoms with Crippen molar-refractivity contribution in [2.75, 3.05) is 11.4 Å². The summed E-state index contributed by atoms with van der Waals surface area (Å²) < 4.78 is 0. The van der Waals surface area contributed by atoms with Gasteiger partial charge in [-0.15, -0.1) is 0 Å². The van der Waals surface area contributed by atoms with Crippen molar-refractivity contribution in [3.05, 3.63) is 24.0 Å². The molecule has 1 aromatic rings. The summed E-state index contributed by atoms with van der Waals surface area (Å²) in [6.07, 6.45) is 9.73. The first-order valence-corrected chi connectivity index (χ1v) is 7.24. The number of carbonyl (C=O) groups is 1. The summed E-state index contributed by atoms with van der Waals surface area (Å²) in [6, 6.07) is 2.21. The molecular weight excluding hydrogens is 238 g/mol. The molecule has 1 saturated carbocycles. The zero-order valence-electron chi connectivity index (χ0n) is 11.2. The van der Waals surface area contributed by atoms with E-state index in [0.717, 1.165) is 31.5 Å². The first-order valence-electron chi connectivity index (χ1n) is 7.24. The molecule has 0 radical (unpaired) electrons. The van der Waals surface area contributed by atoms with E-state index in [1.54, 1.807) is 12.4 Å². The molecule has 4 nitrogen and oxygen atoms in total. The fourth-order valence-electron chi connectivity index (χ4n) is 3.31. The number of hydrogen-bond donors (Lipinski definition) is 1. The molecule has 0 aromatic carbocycles. The van der Waals surface area contributed by atoms with Crippen LogP contribution in [0.1, 0.15) is 37.7 Å². The molecular formula is C15H21N3O. The molecule has 0 bridgehead atoms. The van der Waals surface area contributed by atoms with Crippen molar-refractivity contribution in [3.63, 3.8) is 0 Å². The Labute approximate surface area is 114 Å². The van der Waals surface area contributed by atoms with Crippen molar-refractivity contribution in [1.82, 2.24) is 4.98 Å². The number of pyridine rings is 1. The maximum absolute atomic E-state index is 12.5. The first kappa shape index (κ1) is 12.6. The second-order valence-electron chi connectivity index (χ2n) is 5.71. The summed E-state index contributed by atoms with van der Waals surface area (Å²) in [5.74, 6) is 0.580. The lowest BCUT2D eigenvalue weighted by atomic mass is 9.83. The Bertz CT molecular complexity index is 474. The molecule has 2 aliphatic rings. The lowest BCUT2D eigenvalue weighted by molar-refractivity contribution is -0.119. The largest absolute Gasteiger partial charge is 0.327 e. The second kappa shape index (κ2) is 5.29. The molecule has 2 N–H and O–H groups in total. The van der Waals surface area contributed by atoms with Crippen LogP contribution in [0.5, 0.6) is 0 Å². The van der Waals surface area contributed by atoms with Crippen molar-refractivity contribution in [2.45, 2.75) is 44.6 Å². The molecule has 2 heterocycles. The molecule has 0 saturated heterocycles. The Morgan fingerprint density at radius 1 is 1.42 bits per heavy atom. The second-order valence-corrected chi connectivity index (χ2v) is 5.71. The van der Waals surface area contributed by atoms with Crippen LogP contribution < -0.4 is 10.6 Å². The van der Waals surface area contributed by atoms with E-state index in [4.69, 9.17) is 5.73 Å². The fraction of sp³-hybridized carbons (Fsp3) is 0.600. The molecule has 1 aliphatic carbocycles. The van der Waals surface area contributed by atoms with Crippen LogP contribution in [0.4, 0.5) is 5.69 Å². The number of carbonyl (C=O) groups excluding carboxylic acids is 1. The van der Waals surface area contributed by atoms with Gasteiger partial charge in [-0.2, -0.15) is 0 Å². The minimum Gasteiger partial charge on any atom is -0.327 e. The smallest absolute Gasteiger partial charge is 0.227 e. The summed E-state index contributed by atoms with van der Waals surface area (Å²) in [4.78, 5) is 18.5. The number of amides is 1. The molecule has 2 atom stereocenters. The van der Waals surface area contributed by atoms with E-state index in [0.29, 0.717) is 12.3 Å². The van der Waals surface area contributed by atoms with Crippen LogP contribution in [-0.2, 0) is 11.2 Å². The number of nitrogens with two attached hydrogens (primary N) is 1.